The zero-order valence-electron chi connectivity index (χ0n) is 13.2. The lowest BCUT2D eigenvalue weighted by atomic mass is 10.0. The highest BCUT2D eigenvalue weighted by molar-refractivity contribution is 14.1. The molecule has 0 aliphatic heterocycles. The number of nitrogens with one attached hydrogen (secondary N) is 1. The van der Waals surface area contributed by atoms with E-state index in [1.165, 1.54) is 17.9 Å². The minimum absolute atomic E-state index is 0.130. The van der Waals surface area contributed by atoms with Crippen molar-refractivity contribution in [1.29, 1.82) is 0 Å². The Morgan fingerprint density at radius 1 is 1.16 bits per heavy atom. The first-order chi connectivity index (χ1) is 12.0. The molecule has 0 atom stereocenters. The molecule has 1 N–H and O–H groups in total. The van der Waals surface area contributed by atoms with Crippen LogP contribution in [-0.4, -0.2) is 15.7 Å². The van der Waals surface area contributed by atoms with Crippen LogP contribution in [0.15, 0.2) is 54.7 Å². The topological polar surface area (TPSA) is 46.9 Å². The summed E-state index contributed by atoms with van der Waals surface area (Å²) in [6.07, 6.45) is -1.52. The number of carbonyl (C=O) groups is 1. The monoisotopic (exact) mass is 453 g/mol. The SMILES string of the molecule is Cn1cc(C(=O)Nc2ccccc2-c2ccc(I)cc2)c(C(F)F)n1. The molecule has 0 saturated heterocycles. The minimum Gasteiger partial charge on any atom is -0.321 e. The Kier molecular flexibility index (Phi) is 5.12. The second-order valence-electron chi connectivity index (χ2n) is 5.41. The molecule has 3 aromatic rings. The van der Waals surface area contributed by atoms with Crippen LogP contribution in [0.5, 0.6) is 0 Å². The van der Waals surface area contributed by atoms with Gasteiger partial charge >= 0.3 is 0 Å². The van der Waals surface area contributed by atoms with Gasteiger partial charge in [0.1, 0.15) is 5.69 Å². The smallest absolute Gasteiger partial charge is 0.282 e. The maximum Gasteiger partial charge on any atom is 0.282 e. The second-order valence-corrected chi connectivity index (χ2v) is 6.65. The lowest BCUT2D eigenvalue weighted by Gasteiger charge is -2.11. The summed E-state index contributed by atoms with van der Waals surface area (Å²) in [6, 6.07) is 15.1. The molecular weight excluding hydrogens is 439 g/mol. The van der Waals surface area contributed by atoms with E-state index in [4.69, 9.17) is 0 Å². The average molecular weight is 453 g/mol. The minimum atomic E-state index is -2.81. The molecule has 0 bridgehead atoms. The fourth-order valence-electron chi connectivity index (χ4n) is 2.50. The Labute approximate surface area is 157 Å². The van der Waals surface area contributed by atoms with Gasteiger partial charge in [-0.15, -0.1) is 0 Å². The van der Waals surface area contributed by atoms with Gasteiger partial charge in [0.05, 0.1) is 5.56 Å². The Balaban J connectivity index is 1.94. The van der Waals surface area contributed by atoms with E-state index in [2.05, 4.69) is 33.0 Å². The lowest BCUT2D eigenvalue weighted by Crippen LogP contribution is -2.14. The standard InChI is InChI=1S/C18H14F2IN3O/c1-24-10-14(16(23-24)17(19)20)18(25)22-15-5-3-2-4-13(15)11-6-8-12(21)9-7-11/h2-10,17H,1H3,(H,22,25). The molecule has 3 rings (SSSR count). The summed E-state index contributed by atoms with van der Waals surface area (Å²) < 4.78 is 28.4. The van der Waals surface area contributed by atoms with Gasteiger partial charge in [0.15, 0.2) is 0 Å². The third-order valence-electron chi connectivity index (χ3n) is 3.64. The van der Waals surface area contributed by atoms with E-state index in [1.807, 2.05) is 36.4 Å². The van der Waals surface area contributed by atoms with Crippen LogP contribution in [0.1, 0.15) is 22.5 Å². The van der Waals surface area contributed by atoms with Gasteiger partial charge < -0.3 is 5.32 Å². The molecule has 0 fully saturated rings. The van der Waals surface area contributed by atoms with E-state index in [9.17, 15) is 13.6 Å². The third kappa shape index (κ3) is 3.87. The largest absolute Gasteiger partial charge is 0.321 e. The van der Waals surface area contributed by atoms with Crippen molar-refractivity contribution in [3.05, 3.63) is 69.6 Å². The Morgan fingerprint density at radius 2 is 1.84 bits per heavy atom. The number of hydrogen-bond donors (Lipinski definition) is 1. The molecule has 0 aliphatic carbocycles. The van der Waals surface area contributed by atoms with E-state index in [-0.39, 0.29) is 5.56 Å². The molecule has 0 spiro atoms. The van der Waals surface area contributed by atoms with Gasteiger partial charge in [-0.25, -0.2) is 8.78 Å². The summed E-state index contributed by atoms with van der Waals surface area (Å²) in [5.74, 6) is -0.610. The fourth-order valence-corrected chi connectivity index (χ4v) is 2.86. The number of aryl methyl sites for hydroxylation is 1. The highest BCUT2D eigenvalue weighted by atomic mass is 127. The third-order valence-corrected chi connectivity index (χ3v) is 4.36. The van der Waals surface area contributed by atoms with Crippen LogP contribution < -0.4 is 5.32 Å². The quantitative estimate of drug-likeness (QED) is 0.573. The van der Waals surface area contributed by atoms with Gasteiger partial charge in [-0.3, -0.25) is 9.48 Å². The number of para-hydroxylation sites is 1. The van der Waals surface area contributed by atoms with E-state index in [0.717, 1.165) is 14.7 Å². The first-order valence-corrected chi connectivity index (χ1v) is 8.51. The van der Waals surface area contributed by atoms with E-state index in [1.54, 1.807) is 12.1 Å². The van der Waals surface area contributed by atoms with Gasteiger partial charge in [-0.05, 0) is 46.4 Å². The maximum atomic E-state index is 13.1. The van der Waals surface area contributed by atoms with Crippen LogP contribution in [0.3, 0.4) is 0 Å². The number of carbonyl (C=O) groups excluding carboxylic acids is 1. The number of alkyl halides is 2. The molecule has 0 aliphatic rings. The summed E-state index contributed by atoms with van der Waals surface area (Å²) in [7, 11) is 1.50. The molecule has 1 aromatic heterocycles. The first kappa shape index (κ1) is 17.5. The molecule has 128 valence electrons. The molecule has 25 heavy (non-hydrogen) atoms. The van der Waals surface area contributed by atoms with Crippen molar-refractivity contribution < 1.29 is 13.6 Å². The molecule has 1 amide bonds. The average Bonchev–Trinajstić information content (AvgIpc) is 2.99. The molecule has 0 saturated carbocycles. The molecular formula is C18H14F2IN3O. The Morgan fingerprint density at radius 3 is 2.52 bits per heavy atom. The van der Waals surface area contributed by atoms with Crippen molar-refractivity contribution in [2.45, 2.75) is 6.43 Å². The second kappa shape index (κ2) is 7.30. The van der Waals surface area contributed by atoms with Crippen LogP contribution in [0.2, 0.25) is 0 Å². The van der Waals surface area contributed by atoms with Gasteiger partial charge in [-0.2, -0.15) is 5.10 Å². The van der Waals surface area contributed by atoms with Crippen molar-refractivity contribution in [3.8, 4) is 11.1 Å². The van der Waals surface area contributed by atoms with Gasteiger partial charge in [-0.1, -0.05) is 30.3 Å². The Hall–Kier alpha value is -2.29. The van der Waals surface area contributed by atoms with Crippen molar-refractivity contribution in [1.82, 2.24) is 9.78 Å². The lowest BCUT2D eigenvalue weighted by molar-refractivity contribution is 0.101. The van der Waals surface area contributed by atoms with Crippen LogP contribution in [0.25, 0.3) is 11.1 Å². The summed E-state index contributed by atoms with van der Waals surface area (Å²) in [4.78, 5) is 12.5. The molecule has 4 nitrogen and oxygen atoms in total. The number of nitrogens with zero attached hydrogens (tertiary/aromatic N) is 2. The van der Waals surface area contributed by atoms with Crippen LogP contribution in [0, 0.1) is 3.57 Å². The molecule has 2 aromatic carbocycles. The zero-order chi connectivity index (χ0) is 18.0. The van der Waals surface area contributed by atoms with Crippen LogP contribution >= 0.6 is 22.6 Å². The maximum absolute atomic E-state index is 13.1. The van der Waals surface area contributed by atoms with Crippen molar-refractivity contribution in [2.24, 2.45) is 7.05 Å². The number of aromatic nitrogens is 2. The van der Waals surface area contributed by atoms with Crippen LogP contribution in [-0.2, 0) is 7.05 Å². The van der Waals surface area contributed by atoms with E-state index in [0.29, 0.717) is 5.69 Å². The zero-order valence-corrected chi connectivity index (χ0v) is 15.4. The van der Waals surface area contributed by atoms with E-state index >= 15 is 0 Å². The number of rotatable bonds is 4. The number of benzene rings is 2. The van der Waals surface area contributed by atoms with Gasteiger partial charge in [0, 0.05) is 28.1 Å². The molecule has 7 heteroatoms. The molecule has 0 unspecified atom stereocenters. The summed E-state index contributed by atoms with van der Waals surface area (Å²) in [5, 5.41) is 6.39. The first-order valence-electron chi connectivity index (χ1n) is 7.43. The van der Waals surface area contributed by atoms with Gasteiger partial charge in [0.25, 0.3) is 12.3 Å². The Bertz CT molecular complexity index is 907. The summed E-state index contributed by atoms with van der Waals surface area (Å²) >= 11 is 2.21. The van der Waals surface area contributed by atoms with Crippen LogP contribution in [0.4, 0.5) is 14.5 Å². The summed E-state index contributed by atoms with van der Waals surface area (Å²) in [5.41, 5.74) is 1.64. The number of anilines is 1. The van der Waals surface area contributed by atoms with Crippen molar-refractivity contribution in [2.75, 3.05) is 5.32 Å². The molecule has 0 radical (unpaired) electrons. The van der Waals surface area contributed by atoms with E-state index < -0.39 is 18.0 Å². The highest BCUT2D eigenvalue weighted by Gasteiger charge is 2.23. The predicted molar refractivity (Wildman–Crippen MR) is 101 cm³/mol. The molecule has 1 heterocycles. The fraction of sp³-hybridized carbons (Fsp3) is 0.111. The highest BCUT2D eigenvalue weighted by Crippen LogP contribution is 2.29. The summed E-state index contributed by atoms with van der Waals surface area (Å²) in [6.45, 7) is 0. The number of halogens is 3. The number of hydrogen-bond acceptors (Lipinski definition) is 2. The predicted octanol–water partition coefficient (Wildman–Crippen LogP) is 4.88. The normalized spacial score (nSPS) is 10.9. The van der Waals surface area contributed by atoms with Crippen molar-refractivity contribution in [3.63, 3.8) is 0 Å². The van der Waals surface area contributed by atoms with Gasteiger partial charge in [0.2, 0.25) is 0 Å². The van der Waals surface area contributed by atoms with Crippen molar-refractivity contribution >= 4 is 34.2 Å². The number of amides is 1.